The summed E-state index contributed by atoms with van der Waals surface area (Å²) in [6.07, 6.45) is 0. The first-order valence-corrected chi connectivity index (χ1v) is 2.97. The number of carbonyl (C=O) groups excluding carboxylic acids is 1. The third-order valence-corrected chi connectivity index (χ3v) is 1.17. The maximum atomic E-state index is 10.3. The maximum absolute atomic E-state index is 10.3. The highest BCUT2D eigenvalue weighted by atomic mass is 16.4. The molecule has 1 atom stereocenters. The summed E-state index contributed by atoms with van der Waals surface area (Å²) in [7, 11) is 0. The molecule has 0 saturated heterocycles. The predicted molar refractivity (Wildman–Crippen MR) is 34.9 cm³/mol. The van der Waals surface area contributed by atoms with Crippen LogP contribution in [0.25, 0.3) is 4.85 Å². The Morgan fingerprint density at radius 3 is 2.00 bits per heavy atom. The van der Waals surface area contributed by atoms with Gasteiger partial charge in [-0.2, -0.15) is 0 Å². The first-order chi connectivity index (χ1) is 4.39. The molecule has 0 aliphatic heterocycles. The van der Waals surface area contributed by atoms with Crippen molar-refractivity contribution in [1.82, 2.24) is 0 Å². The summed E-state index contributed by atoms with van der Waals surface area (Å²) in [6, 6.07) is -1.03. The van der Waals surface area contributed by atoms with Crippen molar-refractivity contribution in [2.24, 2.45) is 5.41 Å². The molecule has 3 heteroatoms. The number of hydrogen-bond donors (Lipinski definition) is 0. The van der Waals surface area contributed by atoms with E-state index in [1.807, 2.05) is 0 Å². The zero-order valence-electron chi connectivity index (χ0n) is 6.34. The molecule has 0 aromatic heterocycles. The monoisotopic (exact) mass is 140 g/mol. The molecule has 10 heavy (non-hydrogen) atoms. The van der Waals surface area contributed by atoms with Gasteiger partial charge < -0.3 is 14.7 Å². The van der Waals surface area contributed by atoms with E-state index in [2.05, 4.69) is 4.85 Å². The molecule has 1 unspecified atom stereocenters. The first kappa shape index (κ1) is 8.96. The number of carboxylic acid groups (broad SMARTS) is 1. The van der Waals surface area contributed by atoms with Gasteiger partial charge in [0.05, 0.1) is 0 Å². The van der Waals surface area contributed by atoms with Crippen LogP contribution < -0.4 is 5.11 Å². The van der Waals surface area contributed by atoms with E-state index in [1.54, 1.807) is 20.8 Å². The molecule has 0 rings (SSSR count). The van der Waals surface area contributed by atoms with Crippen LogP contribution in [-0.2, 0) is 4.79 Å². The molecular formula is C7H10NO2-. The molecule has 0 aromatic carbocycles. The summed E-state index contributed by atoms with van der Waals surface area (Å²) in [5, 5.41) is 10.3. The van der Waals surface area contributed by atoms with E-state index in [0.29, 0.717) is 0 Å². The van der Waals surface area contributed by atoms with Crippen molar-refractivity contribution in [1.29, 1.82) is 0 Å². The standard InChI is InChI=1S/C7H11NO2/c1-7(2,3)5(8-4)6(9)10/h5H,1-3H3,(H,9,10)/p-1. The minimum atomic E-state index is -1.29. The fourth-order valence-corrected chi connectivity index (χ4v) is 0.600. The van der Waals surface area contributed by atoms with Gasteiger partial charge in [-0.25, -0.2) is 6.57 Å². The Bertz CT molecular complexity index is 173. The van der Waals surface area contributed by atoms with Gasteiger partial charge in [-0.1, -0.05) is 20.8 Å². The molecule has 0 fully saturated rings. The lowest BCUT2D eigenvalue weighted by molar-refractivity contribution is -0.308. The second kappa shape index (κ2) is 2.70. The van der Waals surface area contributed by atoms with Crippen LogP contribution in [0.3, 0.4) is 0 Å². The molecule has 3 nitrogen and oxygen atoms in total. The van der Waals surface area contributed by atoms with Crippen molar-refractivity contribution in [3.05, 3.63) is 11.4 Å². The van der Waals surface area contributed by atoms with E-state index >= 15 is 0 Å². The summed E-state index contributed by atoms with van der Waals surface area (Å²) in [5.74, 6) is -1.29. The molecule has 0 aliphatic carbocycles. The summed E-state index contributed by atoms with van der Waals surface area (Å²) in [6.45, 7) is 11.6. The average Bonchev–Trinajstić information content (AvgIpc) is 1.60. The summed E-state index contributed by atoms with van der Waals surface area (Å²) < 4.78 is 0. The van der Waals surface area contributed by atoms with E-state index in [4.69, 9.17) is 6.57 Å². The number of carbonyl (C=O) groups is 1. The molecule has 0 spiro atoms. The van der Waals surface area contributed by atoms with Gasteiger partial charge in [-0.05, 0) is 0 Å². The molecule has 0 saturated carbocycles. The van der Waals surface area contributed by atoms with Crippen molar-refractivity contribution in [2.75, 3.05) is 0 Å². The van der Waals surface area contributed by atoms with Gasteiger partial charge in [-0.15, -0.1) is 0 Å². The number of rotatable bonds is 1. The summed E-state index contributed by atoms with van der Waals surface area (Å²) in [4.78, 5) is 13.2. The van der Waals surface area contributed by atoms with Crippen molar-refractivity contribution >= 4 is 5.97 Å². The highest BCUT2D eigenvalue weighted by Gasteiger charge is 2.30. The molecule has 0 bridgehead atoms. The lowest BCUT2D eigenvalue weighted by Crippen LogP contribution is -2.41. The minimum absolute atomic E-state index is 0.527. The Hall–Kier alpha value is -1.04. The second-order valence-corrected chi connectivity index (χ2v) is 3.22. The predicted octanol–water partition coefficient (Wildman–Crippen LogP) is 0.0703. The van der Waals surface area contributed by atoms with Crippen molar-refractivity contribution < 1.29 is 9.90 Å². The fourth-order valence-electron chi connectivity index (χ4n) is 0.600. The van der Waals surface area contributed by atoms with Gasteiger partial charge >= 0.3 is 0 Å². The third kappa shape index (κ3) is 2.06. The van der Waals surface area contributed by atoms with Gasteiger partial charge in [0.1, 0.15) is 5.97 Å². The van der Waals surface area contributed by atoms with Crippen LogP contribution in [-0.4, -0.2) is 12.0 Å². The Kier molecular flexibility index (Phi) is 2.42. The number of aliphatic carboxylic acids is 1. The van der Waals surface area contributed by atoms with Gasteiger partial charge in [0.15, 0.2) is 0 Å². The highest BCUT2D eigenvalue weighted by Crippen LogP contribution is 2.21. The molecule has 0 radical (unpaired) electrons. The number of carboxylic acids is 1. The molecule has 56 valence electrons. The van der Waals surface area contributed by atoms with Crippen molar-refractivity contribution in [3.63, 3.8) is 0 Å². The van der Waals surface area contributed by atoms with Crippen LogP contribution in [0.15, 0.2) is 0 Å². The van der Waals surface area contributed by atoms with Crippen molar-refractivity contribution in [3.8, 4) is 0 Å². The molecule has 0 aromatic rings. The largest absolute Gasteiger partial charge is 0.543 e. The van der Waals surface area contributed by atoms with Gasteiger partial charge in [0.25, 0.3) is 6.04 Å². The first-order valence-electron chi connectivity index (χ1n) is 2.97. The van der Waals surface area contributed by atoms with E-state index in [1.165, 1.54) is 0 Å². The molecular weight excluding hydrogens is 130 g/mol. The summed E-state index contributed by atoms with van der Waals surface area (Å²) in [5.41, 5.74) is -0.527. The van der Waals surface area contributed by atoms with E-state index in [-0.39, 0.29) is 0 Å². The summed E-state index contributed by atoms with van der Waals surface area (Å²) >= 11 is 0. The van der Waals surface area contributed by atoms with Gasteiger partial charge in [0.2, 0.25) is 0 Å². The Morgan fingerprint density at radius 2 is 2.00 bits per heavy atom. The lowest BCUT2D eigenvalue weighted by atomic mass is 9.87. The normalized spacial score (nSPS) is 13.8. The fraction of sp³-hybridized carbons (Fsp3) is 0.714. The SMILES string of the molecule is [C-]#[N+]C(C(=O)[O-])C(C)(C)C. The lowest BCUT2D eigenvalue weighted by Gasteiger charge is -2.20. The van der Waals surface area contributed by atoms with Crippen LogP contribution in [0.4, 0.5) is 0 Å². The van der Waals surface area contributed by atoms with E-state index in [9.17, 15) is 9.90 Å². The van der Waals surface area contributed by atoms with E-state index in [0.717, 1.165) is 0 Å². The highest BCUT2D eigenvalue weighted by molar-refractivity contribution is 5.74. The van der Waals surface area contributed by atoms with Crippen LogP contribution in [0.2, 0.25) is 0 Å². The van der Waals surface area contributed by atoms with Gasteiger partial charge in [-0.3, -0.25) is 0 Å². The second-order valence-electron chi connectivity index (χ2n) is 3.22. The maximum Gasteiger partial charge on any atom is 0.267 e. The average molecular weight is 140 g/mol. The number of nitrogens with zero attached hydrogens (tertiary/aromatic N) is 1. The quantitative estimate of drug-likeness (QED) is 0.484. The smallest absolute Gasteiger partial charge is 0.267 e. The van der Waals surface area contributed by atoms with Crippen LogP contribution in [0.1, 0.15) is 20.8 Å². The molecule has 0 aliphatic rings. The Morgan fingerprint density at radius 1 is 1.60 bits per heavy atom. The molecule has 0 N–H and O–H groups in total. The zero-order chi connectivity index (χ0) is 8.36. The Balaban J connectivity index is 4.42. The minimum Gasteiger partial charge on any atom is -0.543 e. The molecule has 0 heterocycles. The van der Waals surface area contributed by atoms with Crippen molar-refractivity contribution in [2.45, 2.75) is 26.8 Å². The van der Waals surface area contributed by atoms with E-state index < -0.39 is 17.4 Å². The topological polar surface area (TPSA) is 44.5 Å². The Labute approximate surface area is 60.5 Å². The van der Waals surface area contributed by atoms with Crippen LogP contribution in [0.5, 0.6) is 0 Å². The van der Waals surface area contributed by atoms with Crippen LogP contribution >= 0.6 is 0 Å². The third-order valence-electron chi connectivity index (χ3n) is 1.17. The molecule has 0 amide bonds. The zero-order valence-corrected chi connectivity index (χ0v) is 6.34. The van der Waals surface area contributed by atoms with Crippen LogP contribution in [0, 0.1) is 12.0 Å². The van der Waals surface area contributed by atoms with Gasteiger partial charge in [0, 0.05) is 5.41 Å². The number of hydrogen-bond acceptors (Lipinski definition) is 2.